The van der Waals surface area contributed by atoms with Crippen LogP contribution in [0.5, 0.6) is 0 Å². The van der Waals surface area contributed by atoms with Gasteiger partial charge >= 0.3 is 0 Å². The Balaban J connectivity index is 2.07. The third kappa shape index (κ3) is 4.67. The molecule has 7 heteroatoms. The molecule has 0 unspecified atom stereocenters. The zero-order valence-corrected chi connectivity index (χ0v) is 14.2. The SMILES string of the molecule is CC(C)=CC(=O)NCCCc1nn(-c2ccc(F)cc2)c(N)c1C#N. The van der Waals surface area contributed by atoms with E-state index in [0.29, 0.717) is 36.3 Å². The Hall–Kier alpha value is -3.14. The van der Waals surface area contributed by atoms with E-state index in [0.717, 1.165) is 5.57 Å². The molecule has 0 saturated carbocycles. The number of hydrogen-bond acceptors (Lipinski definition) is 4. The fourth-order valence-electron chi connectivity index (χ4n) is 2.33. The highest BCUT2D eigenvalue weighted by molar-refractivity contribution is 5.87. The van der Waals surface area contributed by atoms with E-state index in [-0.39, 0.29) is 17.5 Å². The number of nitriles is 1. The van der Waals surface area contributed by atoms with Crippen molar-refractivity contribution in [2.45, 2.75) is 26.7 Å². The fraction of sp³-hybridized carbons (Fsp3) is 0.278. The van der Waals surface area contributed by atoms with Gasteiger partial charge < -0.3 is 11.1 Å². The first kappa shape index (κ1) is 18.2. The first-order valence-electron chi connectivity index (χ1n) is 7.88. The molecule has 0 radical (unpaired) electrons. The van der Waals surface area contributed by atoms with Crippen molar-refractivity contribution in [1.29, 1.82) is 5.26 Å². The minimum Gasteiger partial charge on any atom is -0.382 e. The smallest absolute Gasteiger partial charge is 0.243 e. The van der Waals surface area contributed by atoms with Crippen molar-refractivity contribution < 1.29 is 9.18 Å². The second-order valence-corrected chi connectivity index (χ2v) is 5.82. The summed E-state index contributed by atoms with van der Waals surface area (Å²) in [5.41, 5.74) is 8.37. The summed E-state index contributed by atoms with van der Waals surface area (Å²) in [5, 5.41) is 16.5. The van der Waals surface area contributed by atoms with Gasteiger partial charge in [0.2, 0.25) is 5.91 Å². The Bertz CT molecular complexity index is 826. The van der Waals surface area contributed by atoms with Gasteiger partial charge in [-0.3, -0.25) is 4.79 Å². The van der Waals surface area contributed by atoms with Crippen LogP contribution in [-0.4, -0.2) is 22.2 Å². The fourth-order valence-corrected chi connectivity index (χ4v) is 2.33. The quantitative estimate of drug-likeness (QED) is 0.623. The summed E-state index contributed by atoms with van der Waals surface area (Å²) in [6.07, 6.45) is 2.65. The number of rotatable bonds is 6. The minimum atomic E-state index is -0.359. The molecule has 0 aliphatic rings. The van der Waals surface area contributed by atoms with Crippen molar-refractivity contribution in [3.05, 3.63) is 53.0 Å². The van der Waals surface area contributed by atoms with E-state index in [1.54, 1.807) is 12.1 Å². The Labute approximate surface area is 145 Å². The zero-order chi connectivity index (χ0) is 18.4. The van der Waals surface area contributed by atoms with Crippen molar-refractivity contribution in [3.8, 4) is 11.8 Å². The maximum absolute atomic E-state index is 13.1. The summed E-state index contributed by atoms with van der Waals surface area (Å²) < 4.78 is 14.5. The average molecular weight is 341 g/mol. The number of hydrogen-bond donors (Lipinski definition) is 2. The molecule has 0 fully saturated rings. The van der Waals surface area contributed by atoms with Gasteiger partial charge in [-0.25, -0.2) is 9.07 Å². The molecule has 0 atom stereocenters. The van der Waals surface area contributed by atoms with Gasteiger partial charge in [-0.1, -0.05) is 5.57 Å². The highest BCUT2D eigenvalue weighted by Crippen LogP contribution is 2.21. The van der Waals surface area contributed by atoms with Crippen molar-refractivity contribution >= 4 is 11.7 Å². The molecule has 1 aromatic heterocycles. The number of nitrogen functional groups attached to an aromatic ring is 1. The first-order chi connectivity index (χ1) is 11.9. The van der Waals surface area contributed by atoms with Gasteiger partial charge in [0.15, 0.2) is 0 Å². The van der Waals surface area contributed by atoms with E-state index < -0.39 is 0 Å². The normalized spacial score (nSPS) is 10.2. The molecule has 130 valence electrons. The topological polar surface area (TPSA) is 96.7 Å². The van der Waals surface area contributed by atoms with Gasteiger partial charge in [-0.2, -0.15) is 10.4 Å². The number of aromatic nitrogens is 2. The summed E-state index contributed by atoms with van der Waals surface area (Å²) in [4.78, 5) is 11.5. The van der Waals surface area contributed by atoms with E-state index in [4.69, 9.17) is 5.73 Å². The van der Waals surface area contributed by atoms with Gasteiger partial charge in [0.05, 0.1) is 11.4 Å². The highest BCUT2D eigenvalue weighted by atomic mass is 19.1. The lowest BCUT2D eigenvalue weighted by atomic mass is 10.1. The second-order valence-electron chi connectivity index (χ2n) is 5.82. The predicted molar refractivity (Wildman–Crippen MR) is 93.4 cm³/mol. The summed E-state index contributed by atoms with van der Waals surface area (Å²) in [6, 6.07) is 7.76. The third-order valence-electron chi connectivity index (χ3n) is 3.49. The molecule has 2 rings (SSSR count). The molecule has 0 bridgehead atoms. The maximum Gasteiger partial charge on any atom is 0.243 e. The number of nitrogens with zero attached hydrogens (tertiary/aromatic N) is 3. The number of halogens is 1. The van der Waals surface area contributed by atoms with Crippen molar-refractivity contribution in [2.24, 2.45) is 0 Å². The van der Waals surface area contributed by atoms with Crippen LogP contribution in [0.3, 0.4) is 0 Å². The number of amides is 1. The summed E-state index contributed by atoms with van der Waals surface area (Å²) in [5.74, 6) is -0.281. The molecule has 6 nitrogen and oxygen atoms in total. The summed E-state index contributed by atoms with van der Waals surface area (Å²) in [7, 11) is 0. The molecule has 0 aliphatic heterocycles. The number of carbonyl (C=O) groups is 1. The number of allylic oxidation sites excluding steroid dienone is 1. The molecule has 0 spiro atoms. The molecule has 25 heavy (non-hydrogen) atoms. The monoisotopic (exact) mass is 341 g/mol. The minimum absolute atomic E-state index is 0.142. The Morgan fingerprint density at radius 2 is 2.08 bits per heavy atom. The number of nitrogens with two attached hydrogens (primary N) is 1. The van der Waals surface area contributed by atoms with Crippen LogP contribution in [0.15, 0.2) is 35.9 Å². The van der Waals surface area contributed by atoms with E-state index in [1.807, 2.05) is 13.8 Å². The lowest BCUT2D eigenvalue weighted by Crippen LogP contribution is -2.22. The van der Waals surface area contributed by atoms with E-state index in [9.17, 15) is 14.4 Å². The maximum atomic E-state index is 13.1. The second kappa shape index (κ2) is 8.11. The third-order valence-corrected chi connectivity index (χ3v) is 3.49. The first-order valence-corrected chi connectivity index (χ1v) is 7.88. The molecule has 1 aromatic carbocycles. The van der Waals surface area contributed by atoms with Crippen LogP contribution in [0, 0.1) is 17.1 Å². The van der Waals surface area contributed by atoms with Crippen LogP contribution in [0.25, 0.3) is 5.69 Å². The van der Waals surface area contributed by atoms with E-state index in [1.165, 1.54) is 22.9 Å². The van der Waals surface area contributed by atoms with Crippen LogP contribution in [-0.2, 0) is 11.2 Å². The highest BCUT2D eigenvalue weighted by Gasteiger charge is 2.16. The zero-order valence-electron chi connectivity index (χ0n) is 14.2. The number of aryl methyl sites for hydroxylation is 1. The average Bonchev–Trinajstić information content (AvgIpc) is 2.87. The van der Waals surface area contributed by atoms with E-state index in [2.05, 4.69) is 16.5 Å². The molecule has 3 N–H and O–H groups in total. The van der Waals surface area contributed by atoms with Crippen LogP contribution in [0.4, 0.5) is 10.2 Å². The van der Waals surface area contributed by atoms with Crippen LogP contribution >= 0.6 is 0 Å². The molecule has 0 saturated heterocycles. The van der Waals surface area contributed by atoms with Crippen molar-refractivity contribution in [1.82, 2.24) is 15.1 Å². The van der Waals surface area contributed by atoms with Gasteiger partial charge in [-0.05, 0) is 51.0 Å². The number of anilines is 1. The molecule has 1 heterocycles. The lowest BCUT2D eigenvalue weighted by molar-refractivity contribution is -0.116. The largest absolute Gasteiger partial charge is 0.382 e. The summed E-state index contributed by atoms with van der Waals surface area (Å²) >= 11 is 0. The van der Waals surface area contributed by atoms with Crippen LogP contribution in [0.2, 0.25) is 0 Å². The van der Waals surface area contributed by atoms with Gasteiger partial charge in [0.25, 0.3) is 0 Å². The molecule has 1 amide bonds. The molecule has 2 aromatic rings. The Morgan fingerprint density at radius 3 is 2.68 bits per heavy atom. The Kier molecular flexibility index (Phi) is 5.90. The molecule has 0 aliphatic carbocycles. The van der Waals surface area contributed by atoms with Gasteiger partial charge in [-0.15, -0.1) is 0 Å². The molecular formula is C18H20FN5O. The van der Waals surface area contributed by atoms with Crippen molar-refractivity contribution in [2.75, 3.05) is 12.3 Å². The number of benzene rings is 1. The number of nitrogens with one attached hydrogen (secondary N) is 1. The van der Waals surface area contributed by atoms with Crippen LogP contribution < -0.4 is 11.1 Å². The van der Waals surface area contributed by atoms with Gasteiger partial charge in [0.1, 0.15) is 23.3 Å². The predicted octanol–water partition coefficient (Wildman–Crippen LogP) is 2.48. The lowest BCUT2D eigenvalue weighted by Gasteiger charge is -2.03. The Morgan fingerprint density at radius 1 is 1.40 bits per heavy atom. The number of carbonyl (C=O) groups excluding carboxylic acids is 1. The summed E-state index contributed by atoms with van der Waals surface area (Å²) in [6.45, 7) is 4.17. The van der Waals surface area contributed by atoms with Gasteiger partial charge in [0, 0.05) is 12.6 Å². The molecular weight excluding hydrogens is 321 g/mol. The standard InChI is InChI=1S/C18H20FN5O/c1-12(2)10-17(25)22-9-3-4-16-15(11-20)18(21)24(23-16)14-7-5-13(19)6-8-14/h5-8,10H,3-4,9,21H2,1-2H3,(H,22,25). The van der Waals surface area contributed by atoms with E-state index >= 15 is 0 Å². The van der Waals surface area contributed by atoms with Crippen molar-refractivity contribution in [3.63, 3.8) is 0 Å². The van der Waals surface area contributed by atoms with Crippen LogP contribution in [0.1, 0.15) is 31.5 Å².